The summed E-state index contributed by atoms with van der Waals surface area (Å²) in [6.07, 6.45) is -12.5. The van der Waals surface area contributed by atoms with Crippen molar-refractivity contribution in [2.45, 2.75) is 50.6 Å². The number of nitrogens with zero attached hydrogens (tertiary/aromatic N) is 1. The van der Waals surface area contributed by atoms with Crippen LogP contribution in [0.2, 0.25) is 0 Å². The monoisotopic (exact) mass is 556 g/mol. The molecule has 0 saturated heterocycles. The molecule has 0 bridgehead atoms. The second kappa shape index (κ2) is 8.82. The minimum Gasteiger partial charge on any atom is -0.496 e. The summed E-state index contributed by atoms with van der Waals surface area (Å²) in [5.74, 6) is -2.70. The number of carbonyl (C=O) groups excluding carboxylic acids is 1. The highest BCUT2D eigenvalue weighted by Gasteiger charge is 2.46. The van der Waals surface area contributed by atoms with Crippen molar-refractivity contribution in [2.24, 2.45) is 0 Å². The molecule has 3 rings (SSSR count). The van der Waals surface area contributed by atoms with E-state index in [9.17, 15) is 41.0 Å². The number of ether oxygens (including phenoxy) is 1. The van der Waals surface area contributed by atoms with Crippen molar-refractivity contribution in [3.8, 4) is 17.0 Å². The van der Waals surface area contributed by atoms with Crippen molar-refractivity contribution in [3.63, 3.8) is 0 Å². The topological polar surface area (TPSA) is 80.6 Å². The minimum atomic E-state index is -4.91. The molecular formula is C21H19BrF6N2O4. The number of amides is 1. The second-order valence-corrected chi connectivity index (χ2v) is 8.98. The van der Waals surface area contributed by atoms with Crippen LogP contribution in [0, 0.1) is 0 Å². The van der Waals surface area contributed by atoms with Gasteiger partial charge in [0.05, 0.1) is 30.1 Å². The van der Waals surface area contributed by atoms with E-state index in [2.05, 4.69) is 15.9 Å². The Labute approximate surface area is 198 Å². The normalized spacial score (nSPS) is 15.2. The number of benzene rings is 1. The van der Waals surface area contributed by atoms with Crippen LogP contribution >= 0.6 is 15.9 Å². The van der Waals surface area contributed by atoms with Gasteiger partial charge in [-0.3, -0.25) is 4.79 Å². The Morgan fingerprint density at radius 2 is 1.79 bits per heavy atom. The number of fused-ring (bicyclic) bond motifs is 3. The molecule has 186 valence electrons. The summed E-state index contributed by atoms with van der Waals surface area (Å²) in [6, 6.07) is 4.14. The molecule has 34 heavy (non-hydrogen) atoms. The van der Waals surface area contributed by atoms with Crippen molar-refractivity contribution >= 4 is 27.8 Å². The number of aliphatic carboxylic acids is 1. The lowest BCUT2D eigenvalue weighted by Crippen LogP contribution is -2.54. The number of hydrogen-bond acceptors (Lipinski definition) is 3. The Bertz CT molecular complexity index is 1140. The summed E-state index contributed by atoms with van der Waals surface area (Å²) in [4.78, 5) is 24.4. The summed E-state index contributed by atoms with van der Waals surface area (Å²) in [7, 11) is 1.43. The first-order chi connectivity index (χ1) is 15.5. The molecule has 0 fully saturated rings. The molecular weight excluding hydrogens is 538 g/mol. The lowest BCUT2D eigenvalue weighted by molar-refractivity contribution is -0.167. The number of rotatable bonds is 6. The van der Waals surface area contributed by atoms with Gasteiger partial charge < -0.3 is 19.7 Å². The quantitative estimate of drug-likeness (QED) is 0.484. The van der Waals surface area contributed by atoms with Crippen LogP contribution in [0.5, 0.6) is 5.75 Å². The summed E-state index contributed by atoms with van der Waals surface area (Å²) in [6.45, 7) is 0.743. The summed E-state index contributed by atoms with van der Waals surface area (Å²) >= 11 is 3.29. The Hall–Kier alpha value is -2.70. The van der Waals surface area contributed by atoms with Gasteiger partial charge in [0.25, 0.3) is 5.91 Å². The zero-order valence-electron chi connectivity index (χ0n) is 17.8. The Kier molecular flexibility index (Phi) is 6.72. The van der Waals surface area contributed by atoms with Crippen LogP contribution in [0.15, 0.2) is 22.7 Å². The summed E-state index contributed by atoms with van der Waals surface area (Å²) in [5.41, 5.74) is -2.19. The Morgan fingerprint density at radius 1 is 1.15 bits per heavy atom. The average molecular weight is 557 g/mol. The molecule has 1 aromatic heterocycles. The molecule has 2 N–H and O–H groups in total. The van der Waals surface area contributed by atoms with E-state index in [4.69, 9.17) is 4.74 Å². The molecule has 13 heteroatoms. The third-order valence-electron chi connectivity index (χ3n) is 5.45. The van der Waals surface area contributed by atoms with Crippen molar-refractivity contribution in [1.29, 1.82) is 0 Å². The van der Waals surface area contributed by atoms with Gasteiger partial charge in [0.2, 0.25) is 0 Å². The molecule has 1 aliphatic rings. The van der Waals surface area contributed by atoms with Gasteiger partial charge in [0.1, 0.15) is 17.0 Å². The van der Waals surface area contributed by atoms with E-state index < -0.39 is 42.6 Å². The number of carbonyl (C=O) groups is 2. The van der Waals surface area contributed by atoms with E-state index in [1.54, 1.807) is 12.1 Å². The van der Waals surface area contributed by atoms with Crippen molar-refractivity contribution in [2.75, 3.05) is 7.11 Å². The molecule has 1 atom stereocenters. The van der Waals surface area contributed by atoms with Gasteiger partial charge in [0, 0.05) is 12.1 Å². The highest BCUT2D eigenvalue weighted by molar-refractivity contribution is 9.10. The lowest BCUT2D eigenvalue weighted by atomic mass is 9.95. The first-order valence-electron chi connectivity index (χ1n) is 9.83. The summed E-state index contributed by atoms with van der Waals surface area (Å²) < 4.78 is 85.7. The largest absolute Gasteiger partial charge is 0.496 e. The van der Waals surface area contributed by atoms with Crippen LogP contribution in [0.3, 0.4) is 0 Å². The molecule has 1 amide bonds. The van der Waals surface area contributed by atoms with Gasteiger partial charge in [-0.25, -0.2) is 4.79 Å². The Morgan fingerprint density at radius 3 is 2.32 bits per heavy atom. The molecule has 2 heterocycles. The maximum atomic E-state index is 13.3. The number of nitrogens with one attached hydrogen (secondary N) is 1. The van der Waals surface area contributed by atoms with Crippen LogP contribution in [-0.2, 0) is 24.2 Å². The van der Waals surface area contributed by atoms with E-state index in [1.165, 1.54) is 11.7 Å². The maximum Gasteiger partial charge on any atom is 0.393 e. The SMILES string of the molecule is COc1cc2c(cc1Br)-c1c(CC(F)(F)F)cc(C(=O)N[C@@](C)(CC(F)(F)F)C(=O)O)n1CC2. The van der Waals surface area contributed by atoms with Crippen molar-refractivity contribution in [3.05, 3.63) is 39.5 Å². The van der Waals surface area contributed by atoms with Crippen LogP contribution in [0.4, 0.5) is 26.3 Å². The van der Waals surface area contributed by atoms with Gasteiger partial charge in [-0.05, 0) is 58.6 Å². The van der Waals surface area contributed by atoms with Crippen LogP contribution < -0.4 is 10.1 Å². The molecule has 0 spiro atoms. The third-order valence-corrected chi connectivity index (χ3v) is 6.07. The van der Waals surface area contributed by atoms with E-state index in [-0.39, 0.29) is 23.5 Å². The van der Waals surface area contributed by atoms with Crippen LogP contribution in [-0.4, -0.2) is 46.6 Å². The fourth-order valence-corrected chi connectivity index (χ4v) is 4.50. The van der Waals surface area contributed by atoms with E-state index in [0.717, 1.165) is 6.07 Å². The van der Waals surface area contributed by atoms with Crippen molar-refractivity contribution in [1.82, 2.24) is 9.88 Å². The second-order valence-electron chi connectivity index (χ2n) is 8.12. The van der Waals surface area contributed by atoms with Gasteiger partial charge in [0.15, 0.2) is 0 Å². The number of hydrogen-bond donors (Lipinski definition) is 2. The van der Waals surface area contributed by atoms with Crippen molar-refractivity contribution < 1.29 is 45.8 Å². The molecule has 0 saturated carbocycles. The molecule has 0 unspecified atom stereocenters. The third kappa shape index (κ3) is 5.34. The predicted molar refractivity (Wildman–Crippen MR) is 112 cm³/mol. The smallest absolute Gasteiger partial charge is 0.393 e. The number of carboxylic acids is 1. The first kappa shape index (κ1) is 25.9. The Balaban J connectivity index is 2.12. The average Bonchev–Trinajstić information content (AvgIpc) is 3.03. The molecule has 2 aromatic rings. The molecule has 0 radical (unpaired) electrons. The number of aromatic nitrogens is 1. The van der Waals surface area contributed by atoms with E-state index >= 15 is 0 Å². The maximum absolute atomic E-state index is 13.3. The van der Waals surface area contributed by atoms with Gasteiger partial charge in [-0.15, -0.1) is 0 Å². The number of halogens is 7. The first-order valence-corrected chi connectivity index (χ1v) is 10.6. The zero-order valence-corrected chi connectivity index (χ0v) is 19.4. The molecule has 1 aliphatic heterocycles. The van der Waals surface area contributed by atoms with Gasteiger partial charge in [-0.1, -0.05) is 0 Å². The number of alkyl halides is 6. The van der Waals surface area contributed by atoms with Crippen LogP contribution in [0.1, 0.15) is 35.0 Å². The minimum absolute atomic E-state index is 0.0524. The highest BCUT2D eigenvalue weighted by Crippen LogP contribution is 2.41. The van der Waals surface area contributed by atoms with E-state index in [0.29, 0.717) is 34.7 Å². The number of carboxylic acid groups (broad SMARTS) is 1. The molecule has 1 aromatic carbocycles. The fourth-order valence-electron chi connectivity index (χ4n) is 3.99. The molecule has 6 nitrogen and oxygen atoms in total. The fraction of sp³-hybridized carbons (Fsp3) is 0.429. The number of methoxy groups -OCH3 is 1. The van der Waals surface area contributed by atoms with E-state index in [1.807, 2.05) is 5.32 Å². The van der Waals surface area contributed by atoms with Gasteiger partial charge >= 0.3 is 18.3 Å². The zero-order chi connectivity index (χ0) is 25.6. The highest BCUT2D eigenvalue weighted by atomic mass is 79.9. The van der Waals surface area contributed by atoms with Crippen LogP contribution in [0.25, 0.3) is 11.3 Å². The van der Waals surface area contributed by atoms with Gasteiger partial charge in [-0.2, -0.15) is 26.3 Å². The lowest BCUT2D eigenvalue weighted by Gasteiger charge is -2.28. The predicted octanol–water partition coefficient (Wildman–Crippen LogP) is 5.11. The summed E-state index contributed by atoms with van der Waals surface area (Å²) in [5, 5.41) is 11.2. The number of aryl methyl sites for hydroxylation is 1. The standard InChI is InChI=1S/C21H19BrF6N2O4/c1-19(18(32)33,9-21(26,27)28)29-17(31)14-5-11(8-20(23,24)25)16-12-7-13(22)15(34-2)6-10(12)3-4-30(14)16/h5-7H,3-4,8-9H2,1-2H3,(H,29,31)(H,32,33)/t19-/m0/s1. The molecule has 0 aliphatic carbocycles.